The molecule has 1 aliphatic rings. The molecule has 1 amide bonds. The first-order valence-corrected chi connectivity index (χ1v) is 7.46. The third kappa shape index (κ3) is 3.71. The molecule has 1 heterocycles. The Kier molecular flexibility index (Phi) is 5.66. The summed E-state index contributed by atoms with van der Waals surface area (Å²) < 4.78 is 0. The maximum Gasteiger partial charge on any atom is 0.256 e. The number of benzene rings is 1. The molecule has 2 rings (SSSR count). The summed E-state index contributed by atoms with van der Waals surface area (Å²) in [7, 11) is 0. The first-order valence-electron chi connectivity index (χ1n) is 7.46. The van der Waals surface area contributed by atoms with Gasteiger partial charge in [-0.05, 0) is 37.8 Å². The third-order valence-corrected chi connectivity index (χ3v) is 3.99. The number of hydrogen-bond acceptors (Lipinski definition) is 5. The first-order chi connectivity index (χ1) is 10.7. The summed E-state index contributed by atoms with van der Waals surface area (Å²) in [5, 5.41) is 20.1. The van der Waals surface area contributed by atoms with Crippen molar-refractivity contribution in [3.63, 3.8) is 0 Å². The molecule has 6 nitrogen and oxygen atoms in total. The number of likely N-dealkylation sites (tertiary alicyclic amines) is 1. The minimum atomic E-state index is -0.0567. The molecule has 22 heavy (non-hydrogen) atoms. The van der Waals surface area contributed by atoms with Crippen molar-refractivity contribution < 1.29 is 9.90 Å². The van der Waals surface area contributed by atoms with Crippen molar-refractivity contribution in [1.29, 1.82) is 5.41 Å². The predicted molar refractivity (Wildman–Crippen MR) is 87.6 cm³/mol. The van der Waals surface area contributed by atoms with Crippen LogP contribution < -0.4 is 5.43 Å². The lowest BCUT2D eigenvalue weighted by molar-refractivity contribution is 0.0490. The third-order valence-electron chi connectivity index (χ3n) is 3.99. The van der Waals surface area contributed by atoms with Gasteiger partial charge in [0.1, 0.15) is 0 Å². The molecule has 3 N–H and O–H groups in total. The lowest BCUT2D eigenvalue weighted by atomic mass is 9.93. The van der Waals surface area contributed by atoms with Crippen LogP contribution in [0.3, 0.4) is 0 Å². The van der Waals surface area contributed by atoms with Crippen molar-refractivity contribution >= 4 is 24.0 Å². The second-order valence-electron chi connectivity index (χ2n) is 5.53. The quantitative estimate of drug-likeness (QED) is 0.574. The van der Waals surface area contributed by atoms with E-state index >= 15 is 0 Å². The van der Waals surface area contributed by atoms with Gasteiger partial charge in [0.25, 0.3) is 5.91 Å². The number of nitrogens with zero attached hydrogens (tertiary/aromatic N) is 2. The molecule has 2 atom stereocenters. The van der Waals surface area contributed by atoms with Crippen LogP contribution in [0.25, 0.3) is 0 Å². The number of para-hydroxylation sites is 1. The Bertz CT molecular complexity index is 559. The van der Waals surface area contributed by atoms with E-state index in [9.17, 15) is 9.90 Å². The number of amides is 1. The molecule has 1 fully saturated rings. The maximum atomic E-state index is 12.8. The fraction of sp³-hybridized carbons (Fsp3) is 0.438. The van der Waals surface area contributed by atoms with E-state index in [4.69, 9.17) is 5.41 Å². The van der Waals surface area contributed by atoms with Gasteiger partial charge >= 0.3 is 0 Å². The second kappa shape index (κ2) is 7.70. The summed E-state index contributed by atoms with van der Waals surface area (Å²) in [5.41, 5.74) is 3.96. The molecule has 0 saturated carbocycles. The van der Waals surface area contributed by atoms with Crippen molar-refractivity contribution in [3.05, 3.63) is 29.8 Å². The molecule has 0 spiro atoms. The monoisotopic (exact) mass is 302 g/mol. The number of rotatable bonds is 5. The highest BCUT2D eigenvalue weighted by Crippen LogP contribution is 2.25. The van der Waals surface area contributed by atoms with Crippen molar-refractivity contribution in [2.24, 2.45) is 11.0 Å². The molecule has 6 heteroatoms. The van der Waals surface area contributed by atoms with Gasteiger partial charge in [-0.15, -0.1) is 0 Å². The number of carbonyl (C=O) groups is 1. The highest BCUT2D eigenvalue weighted by molar-refractivity contribution is 6.14. The molecule has 0 aromatic heterocycles. The molecule has 0 bridgehead atoms. The number of anilines is 1. The molecule has 1 aliphatic heterocycles. The number of aliphatic hydroxyl groups excluding tert-OH is 1. The smallest absolute Gasteiger partial charge is 0.256 e. The lowest BCUT2D eigenvalue weighted by Gasteiger charge is -2.37. The van der Waals surface area contributed by atoms with Crippen molar-refractivity contribution in [2.75, 3.05) is 18.6 Å². The Morgan fingerprint density at radius 3 is 3.00 bits per heavy atom. The average molecular weight is 302 g/mol. The number of nitrogens with one attached hydrogen (secondary N) is 2. The summed E-state index contributed by atoms with van der Waals surface area (Å²) in [4.78, 5) is 14.7. The Labute approximate surface area is 130 Å². The standard InChI is InChI=1S/C16H22N4O2/c1-12-6-7-13(11-21)10-20(12)16(22)14-4-2-3-5-15(14)19-18-9-8-17/h2-5,8-9,12-13,17,19,21H,6-7,10-11H2,1H3/b17-8?,18-9-/t12-,13-/m1/s1. The van der Waals surface area contributed by atoms with Crippen molar-refractivity contribution in [2.45, 2.75) is 25.8 Å². The SMILES string of the molecule is C[C@@H]1CC[C@@H](CO)CN1C(=O)c1ccccc1N/N=C\C=N. The van der Waals surface area contributed by atoms with Crippen LogP contribution in [0.4, 0.5) is 5.69 Å². The van der Waals surface area contributed by atoms with Crippen LogP contribution in [0, 0.1) is 11.3 Å². The van der Waals surface area contributed by atoms with E-state index in [0.29, 0.717) is 17.8 Å². The number of hydrazone groups is 1. The van der Waals surface area contributed by atoms with E-state index < -0.39 is 0 Å². The van der Waals surface area contributed by atoms with Crippen LogP contribution in [-0.2, 0) is 0 Å². The van der Waals surface area contributed by atoms with Gasteiger partial charge in [-0.1, -0.05) is 12.1 Å². The summed E-state index contributed by atoms with van der Waals surface area (Å²) in [6.07, 6.45) is 4.23. The molecule has 0 aliphatic carbocycles. The van der Waals surface area contributed by atoms with Gasteiger partial charge in [0, 0.05) is 25.4 Å². The largest absolute Gasteiger partial charge is 0.396 e. The first kappa shape index (κ1) is 16.2. The molecule has 1 aromatic rings. The maximum absolute atomic E-state index is 12.8. The van der Waals surface area contributed by atoms with E-state index in [2.05, 4.69) is 10.5 Å². The Morgan fingerprint density at radius 2 is 2.27 bits per heavy atom. The van der Waals surface area contributed by atoms with E-state index in [1.165, 1.54) is 6.21 Å². The van der Waals surface area contributed by atoms with Crippen LogP contribution in [0.5, 0.6) is 0 Å². The zero-order valence-corrected chi connectivity index (χ0v) is 12.7. The topological polar surface area (TPSA) is 88.8 Å². The van der Waals surface area contributed by atoms with E-state index in [0.717, 1.165) is 19.1 Å². The summed E-state index contributed by atoms with van der Waals surface area (Å²) >= 11 is 0. The van der Waals surface area contributed by atoms with Gasteiger partial charge in [-0.25, -0.2) is 0 Å². The fourth-order valence-corrected chi connectivity index (χ4v) is 2.68. The van der Waals surface area contributed by atoms with Crippen LogP contribution in [0.1, 0.15) is 30.1 Å². The van der Waals surface area contributed by atoms with Gasteiger partial charge in [-0.2, -0.15) is 5.10 Å². The van der Waals surface area contributed by atoms with Gasteiger partial charge < -0.3 is 15.4 Å². The molecular formula is C16H22N4O2. The fourth-order valence-electron chi connectivity index (χ4n) is 2.68. The highest BCUT2D eigenvalue weighted by atomic mass is 16.3. The molecule has 1 aromatic carbocycles. The van der Waals surface area contributed by atoms with E-state index in [-0.39, 0.29) is 24.5 Å². The predicted octanol–water partition coefficient (Wildman–Crippen LogP) is 1.97. The zero-order valence-electron chi connectivity index (χ0n) is 12.7. The van der Waals surface area contributed by atoms with Gasteiger partial charge in [0.05, 0.1) is 17.5 Å². The number of carbonyl (C=O) groups excluding carboxylic acids is 1. The number of aliphatic hydroxyl groups is 1. The van der Waals surface area contributed by atoms with Gasteiger partial charge in [0.15, 0.2) is 0 Å². The van der Waals surface area contributed by atoms with Gasteiger partial charge in [0.2, 0.25) is 0 Å². The Hall–Kier alpha value is -2.21. The highest BCUT2D eigenvalue weighted by Gasteiger charge is 2.30. The summed E-state index contributed by atoms with van der Waals surface area (Å²) in [6.45, 7) is 2.73. The summed E-state index contributed by atoms with van der Waals surface area (Å²) in [5.74, 6) is 0.0926. The second-order valence-corrected chi connectivity index (χ2v) is 5.53. The number of hydrogen-bond donors (Lipinski definition) is 3. The molecule has 0 unspecified atom stereocenters. The van der Waals surface area contributed by atoms with Crippen LogP contribution >= 0.6 is 0 Å². The molecule has 0 radical (unpaired) electrons. The van der Waals surface area contributed by atoms with Crippen LogP contribution in [0.2, 0.25) is 0 Å². The Balaban J connectivity index is 2.20. The number of piperidine rings is 1. The lowest BCUT2D eigenvalue weighted by Crippen LogP contribution is -2.46. The molecule has 1 saturated heterocycles. The molecular weight excluding hydrogens is 280 g/mol. The van der Waals surface area contributed by atoms with Gasteiger partial charge in [-0.3, -0.25) is 10.2 Å². The van der Waals surface area contributed by atoms with Crippen LogP contribution in [0.15, 0.2) is 29.4 Å². The van der Waals surface area contributed by atoms with E-state index in [1.54, 1.807) is 12.1 Å². The molecule has 118 valence electrons. The zero-order chi connectivity index (χ0) is 15.9. The average Bonchev–Trinajstić information content (AvgIpc) is 2.55. The minimum Gasteiger partial charge on any atom is -0.396 e. The Morgan fingerprint density at radius 1 is 1.50 bits per heavy atom. The summed E-state index contributed by atoms with van der Waals surface area (Å²) in [6, 6.07) is 7.35. The van der Waals surface area contributed by atoms with Crippen molar-refractivity contribution in [3.8, 4) is 0 Å². The minimum absolute atomic E-state index is 0.0567. The van der Waals surface area contributed by atoms with Crippen molar-refractivity contribution in [1.82, 2.24) is 4.90 Å². The normalized spacial score (nSPS) is 21.8. The van der Waals surface area contributed by atoms with E-state index in [1.807, 2.05) is 24.0 Å². The van der Waals surface area contributed by atoms with Crippen LogP contribution in [-0.4, -0.2) is 47.5 Å².